The quantitative estimate of drug-likeness (QED) is 0.691. The third-order valence-electron chi connectivity index (χ3n) is 4.91. The summed E-state index contributed by atoms with van der Waals surface area (Å²) in [7, 11) is -7.40. The zero-order chi connectivity index (χ0) is 22.1. The molecule has 1 aliphatic heterocycles. The van der Waals surface area contributed by atoms with E-state index in [1.54, 1.807) is 18.2 Å². The molecule has 1 aliphatic rings. The Morgan fingerprint density at radius 2 is 1.60 bits per heavy atom. The molecule has 0 aliphatic carbocycles. The fourth-order valence-electron chi connectivity index (χ4n) is 3.21. The van der Waals surface area contributed by atoms with Crippen molar-refractivity contribution in [3.63, 3.8) is 0 Å². The highest BCUT2D eigenvalue weighted by Gasteiger charge is 2.32. The number of sulfone groups is 1. The van der Waals surface area contributed by atoms with Gasteiger partial charge in [0.15, 0.2) is 9.84 Å². The van der Waals surface area contributed by atoms with E-state index in [9.17, 15) is 21.6 Å². The Bertz CT molecular complexity index is 1180. The minimum atomic E-state index is -3.87. The molecule has 1 saturated heterocycles. The van der Waals surface area contributed by atoms with E-state index in [2.05, 4.69) is 5.32 Å². The van der Waals surface area contributed by atoms with Crippen molar-refractivity contribution in [2.24, 2.45) is 5.92 Å². The molecule has 1 N–H and O–H groups in total. The summed E-state index contributed by atoms with van der Waals surface area (Å²) in [6.45, 7) is 0.291. The number of nitrogens with zero attached hydrogens (tertiary/aromatic N) is 1. The zero-order valence-electron chi connectivity index (χ0n) is 16.0. The van der Waals surface area contributed by atoms with Crippen LogP contribution in [0.15, 0.2) is 52.3 Å². The molecule has 30 heavy (non-hydrogen) atoms. The summed E-state index contributed by atoms with van der Waals surface area (Å²) < 4.78 is 50.6. The van der Waals surface area contributed by atoms with Gasteiger partial charge in [-0.1, -0.05) is 35.3 Å². The number of halogens is 2. The summed E-state index contributed by atoms with van der Waals surface area (Å²) in [5.41, 5.74) is 0.404. The molecule has 162 valence electrons. The minimum absolute atomic E-state index is 0.0590. The van der Waals surface area contributed by atoms with Crippen LogP contribution in [0.5, 0.6) is 0 Å². The molecule has 0 spiro atoms. The first-order valence-corrected chi connectivity index (χ1v) is 13.1. The minimum Gasteiger partial charge on any atom is -0.324 e. The second-order valence-corrected chi connectivity index (χ2v) is 11.8. The number of carbonyl (C=O) groups is 1. The van der Waals surface area contributed by atoms with Gasteiger partial charge in [0.1, 0.15) is 0 Å². The maximum absolute atomic E-state index is 12.9. The average molecular weight is 491 g/mol. The lowest BCUT2D eigenvalue weighted by molar-refractivity contribution is -0.120. The Labute approximate surface area is 186 Å². The first-order chi connectivity index (χ1) is 14.0. The van der Waals surface area contributed by atoms with E-state index in [4.69, 9.17) is 23.2 Å². The van der Waals surface area contributed by atoms with Crippen molar-refractivity contribution in [2.75, 3.05) is 24.7 Å². The van der Waals surface area contributed by atoms with Gasteiger partial charge >= 0.3 is 0 Å². The summed E-state index contributed by atoms with van der Waals surface area (Å²) in [5.74, 6) is -0.635. The van der Waals surface area contributed by atoms with Crippen molar-refractivity contribution in [2.45, 2.75) is 22.6 Å². The van der Waals surface area contributed by atoms with Gasteiger partial charge < -0.3 is 5.32 Å². The first-order valence-electron chi connectivity index (χ1n) is 9.05. The van der Waals surface area contributed by atoms with E-state index in [0.29, 0.717) is 23.6 Å². The fraction of sp³-hybridized carbons (Fsp3) is 0.316. The lowest BCUT2D eigenvalue weighted by atomic mass is 9.97. The first kappa shape index (κ1) is 23.0. The molecular formula is C19H20Cl2N2O5S2. The number of piperidine rings is 1. The van der Waals surface area contributed by atoms with Crippen molar-refractivity contribution < 1.29 is 21.6 Å². The summed E-state index contributed by atoms with van der Waals surface area (Å²) >= 11 is 12.1. The van der Waals surface area contributed by atoms with Crippen LogP contribution < -0.4 is 5.32 Å². The molecule has 2 aromatic rings. The molecule has 0 bridgehead atoms. The van der Waals surface area contributed by atoms with E-state index >= 15 is 0 Å². The Morgan fingerprint density at radius 3 is 2.23 bits per heavy atom. The second kappa shape index (κ2) is 8.84. The highest BCUT2D eigenvalue weighted by Crippen LogP contribution is 2.31. The topological polar surface area (TPSA) is 101 Å². The summed E-state index contributed by atoms with van der Waals surface area (Å²) in [6, 6.07) is 10.2. The van der Waals surface area contributed by atoms with Crippen LogP contribution in [0.4, 0.5) is 5.69 Å². The van der Waals surface area contributed by atoms with Gasteiger partial charge in [-0.25, -0.2) is 16.8 Å². The molecule has 2 aromatic carbocycles. The molecule has 3 rings (SSSR count). The van der Waals surface area contributed by atoms with Crippen LogP contribution in [-0.4, -0.2) is 46.4 Å². The number of anilines is 1. The Balaban J connectivity index is 1.69. The number of sulfonamides is 1. The van der Waals surface area contributed by atoms with Gasteiger partial charge in [0, 0.05) is 25.3 Å². The second-order valence-electron chi connectivity index (χ2n) is 7.02. The van der Waals surface area contributed by atoms with E-state index in [1.807, 2.05) is 0 Å². The summed E-state index contributed by atoms with van der Waals surface area (Å²) in [4.78, 5) is 12.4. The largest absolute Gasteiger partial charge is 0.324 e. The molecule has 0 unspecified atom stereocenters. The maximum atomic E-state index is 12.9. The fourth-order valence-corrected chi connectivity index (χ4v) is 5.81. The molecule has 1 amide bonds. The van der Waals surface area contributed by atoms with Crippen molar-refractivity contribution in [1.29, 1.82) is 0 Å². The standard InChI is InChI=1S/C19H20Cl2N2O5S2/c1-29(25,26)14-4-2-5-15(12-14)30(27,28)23-10-8-13(9-11-23)19(24)22-17-7-3-6-16(20)18(17)21/h2-7,12-13H,8-11H2,1H3,(H,22,24). The van der Waals surface area contributed by atoms with Crippen LogP contribution in [-0.2, 0) is 24.7 Å². The third-order valence-corrected chi connectivity index (χ3v) is 8.73. The van der Waals surface area contributed by atoms with Crippen LogP contribution in [0.25, 0.3) is 0 Å². The van der Waals surface area contributed by atoms with Gasteiger partial charge in [-0.05, 0) is 43.2 Å². The SMILES string of the molecule is CS(=O)(=O)c1cccc(S(=O)(=O)N2CCC(C(=O)Nc3cccc(Cl)c3Cl)CC2)c1. The third kappa shape index (κ3) is 4.97. The molecule has 0 aromatic heterocycles. The number of benzene rings is 2. The molecule has 0 saturated carbocycles. The number of hydrogen-bond donors (Lipinski definition) is 1. The van der Waals surface area contributed by atoms with Crippen LogP contribution in [0.2, 0.25) is 10.0 Å². The lowest BCUT2D eigenvalue weighted by Gasteiger charge is -2.30. The average Bonchev–Trinajstić information content (AvgIpc) is 2.71. The highest BCUT2D eigenvalue weighted by molar-refractivity contribution is 7.91. The number of hydrogen-bond acceptors (Lipinski definition) is 5. The molecule has 1 heterocycles. The number of rotatable bonds is 5. The van der Waals surface area contributed by atoms with Crippen LogP contribution in [0.1, 0.15) is 12.8 Å². The molecule has 0 radical (unpaired) electrons. The Hall–Kier alpha value is -1.65. The van der Waals surface area contributed by atoms with Crippen molar-refractivity contribution in [1.82, 2.24) is 4.31 Å². The van der Waals surface area contributed by atoms with Crippen molar-refractivity contribution in [3.05, 3.63) is 52.5 Å². The zero-order valence-corrected chi connectivity index (χ0v) is 19.2. The van der Waals surface area contributed by atoms with E-state index in [-0.39, 0.29) is 39.7 Å². The summed E-state index contributed by atoms with van der Waals surface area (Å²) in [6.07, 6.45) is 1.68. The number of nitrogens with one attached hydrogen (secondary N) is 1. The van der Waals surface area contributed by atoms with Gasteiger partial charge in [0.25, 0.3) is 0 Å². The monoisotopic (exact) mass is 490 g/mol. The molecular weight excluding hydrogens is 471 g/mol. The van der Waals surface area contributed by atoms with Crippen LogP contribution >= 0.6 is 23.2 Å². The lowest BCUT2D eigenvalue weighted by Crippen LogP contribution is -2.41. The van der Waals surface area contributed by atoms with Gasteiger partial charge in [-0.3, -0.25) is 4.79 Å². The highest BCUT2D eigenvalue weighted by atomic mass is 35.5. The van der Waals surface area contributed by atoms with Crippen LogP contribution in [0.3, 0.4) is 0 Å². The van der Waals surface area contributed by atoms with E-state index in [0.717, 1.165) is 12.3 Å². The van der Waals surface area contributed by atoms with Crippen molar-refractivity contribution in [3.8, 4) is 0 Å². The van der Waals surface area contributed by atoms with Gasteiger partial charge in [0.2, 0.25) is 15.9 Å². The number of carbonyl (C=O) groups excluding carboxylic acids is 1. The smallest absolute Gasteiger partial charge is 0.243 e. The predicted molar refractivity (Wildman–Crippen MR) is 116 cm³/mol. The predicted octanol–water partition coefficient (Wildman–Crippen LogP) is 3.44. The van der Waals surface area contributed by atoms with Gasteiger partial charge in [-0.15, -0.1) is 0 Å². The maximum Gasteiger partial charge on any atom is 0.243 e. The van der Waals surface area contributed by atoms with Crippen molar-refractivity contribution >= 4 is 54.7 Å². The molecule has 7 nitrogen and oxygen atoms in total. The molecule has 11 heteroatoms. The molecule has 1 fully saturated rings. The normalized spacial score (nSPS) is 16.4. The molecule has 0 atom stereocenters. The Kier molecular flexibility index (Phi) is 6.78. The van der Waals surface area contributed by atoms with Gasteiger partial charge in [-0.2, -0.15) is 4.31 Å². The van der Waals surface area contributed by atoms with E-state index in [1.165, 1.54) is 22.5 Å². The van der Waals surface area contributed by atoms with E-state index < -0.39 is 19.9 Å². The summed E-state index contributed by atoms with van der Waals surface area (Å²) in [5, 5.41) is 3.31. The van der Waals surface area contributed by atoms with Crippen LogP contribution in [0, 0.1) is 5.92 Å². The van der Waals surface area contributed by atoms with Gasteiger partial charge in [0.05, 0.1) is 25.5 Å². The number of amides is 1. The Morgan fingerprint density at radius 1 is 1.00 bits per heavy atom.